The molecular weight excluding hydrogens is 244 g/mol. The molecule has 0 fully saturated rings. The van der Waals surface area contributed by atoms with Gasteiger partial charge in [0.15, 0.2) is 5.12 Å². The summed E-state index contributed by atoms with van der Waals surface area (Å²) in [6.45, 7) is 3.90. The number of allylic oxidation sites excluding steroid dienone is 4. The average Bonchev–Trinajstić information content (AvgIpc) is 2.36. The Kier molecular flexibility index (Phi) is 2.61. The second kappa shape index (κ2) is 4.04. The molecular formula is C15H13O2S-. The van der Waals surface area contributed by atoms with Crippen LogP contribution in [0, 0.1) is 17.4 Å². The van der Waals surface area contributed by atoms with Crippen LogP contribution in [0.3, 0.4) is 0 Å². The summed E-state index contributed by atoms with van der Waals surface area (Å²) in [7, 11) is -1.54. The zero-order valence-electron chi connectivity index (χ0n) is 10.3. The van der Waals surface area contributed by atoms with Gasteiger partial charge < -0.3 is 4.55 Å². The predicted octanol–water partition coefficient (Wildman–Crippen LogP) is 2.47. The van der Waals surface area contributed by atoms with E-state index in [0.29, 0.717) is 4.51 Å². The molecule has 0 saturated heterocycles. The highest BCUT2D eigenvalue weighted by Crippen LogP contribution is 2.33. The lowest BCUT2D eigenvalue weighted by atomic mass is 9.90. The molecule has 3 rings (SSSR count). The summed E-state index contributed by atoms with van der Waals surface area (Å²) >= 11 is 0. The zero-order chi connectivity index (χ0) is 12.9. The monoisotopic (exact) mass is 257 g/mol. The minimum Gasteiger partial charge on any atom is -0.797 e. The van der Waals surface area contributed by atoms with E-state index < -0.39 is 10.8 Å². The number of fused-ring (bicyclic) bond motifs is 2. The third-order valence-corrected chi connectivity index (χ3v) is 4.73. The van der Waals surface area contributed by atoms with Crippen molar-refractivity contribution in [2.24, 2.45) is 5.92 Å². The van der Waals surface area contributed by atoms with E-state index >= 15 is 0 Å². The molecule has 1 aromatic carbocycles. The van der Waals surface area contributed by atoms with E-state index in [4.69, 9.17) is 0 Å². The van der Waals surface area contributed by atoms with Gasteiger partial charge in [0.1, 0.15) is 0 Å². The van der Waals surface area contributed by atoms with Crippen LogP contribution in [0.1, 0.15) is 12.5 Å². The number of hydrogen-bond acceptors (Lipinski definition) is 2. The summed E-state index contributed by atoms with van der Waals surface area (Å²) < 4.78 is 12.9. The highest BCUT2D eigenvalue weighted by Gasteiger charge is 2.24. The number of hydrogen-bond donors (Lipinski definition) is 0. The van der Waals surface area contributed by atoms with Gasteiger partial charge in [-0.2, -0.15) is 10.8 Å². The lowest BCUT2D eigenvalue weighted by Gasteiger charge is -2.27. The number of benzene rings is 1. The maximum atomic E-state index is 12.2. The molecule has 0 radical (unpaired) electrons. The van der Waals surface area contributed by atoms with Gasteiger partial charge in [-0.15, -0.1) is 0 Å². The van der Waals surface area contributed by atoms with Crippen molar-refractivity contribution in [1.82, 2.24) is 0 Å². The Morgan fingerprint density at radius 1 is 1.22 bits per heavy atom. The standard InChI is InChI=1S/C15H13O2S/c1-9-3-5-11-12-6-4-10(2)8-14(12)18(17)15(16)13(11)7-9/h3-8,13H,1-2H3/q-1. The highest BCUT2D eigenvalue weighted by molar-refractivity contribution is 8.18. The van der Waals surface area contributed by atoms with E-state index in [1.807, 2.05) is 50.3 Å². The first-order valence-electron chi connectivity index (χ1n) is 5.88. The molecule has 2 aliphatic rings. The quantitative estimate of drug-likeness (QED) is 0.670. The third kappa shape index (κ3) is 1.62. The molecule has 1 aliphatic heterocycles. The Labute approximate surface area is 108 Å². The molecule has 0 bridgehead atoms. The van der Waals surface area contributed by atoms with Crippen molar-refractivity contribution in [1.29, 1.82) is 0 Å². The molecule has 1 aliphatic carbocycles. The molecule has 0 N–H and O–H groups in total. The van der Waals surface area contributed by atoms with E-state index in [-0.39, 0.29) is 11.0 Å². The number of carbonyl (C=O) groups is 1. The first-order chi connectivity index (χ1) is 8.58. The lowest BCUT2D eigenvalue weighted by Crippen LogP contribution is -2.25. The van der Waals surface area contributed by atoms with E-state index in [0.717, 1.165) is 21.9 Å². The van der Waals surface area contributed by atoms with Gasteiger partial charge in [-0.25, -0.2) is 0 Å². The molecule has 0 amide bonds. The molecule has 92 valence electrons. The third-order valence-electron chi connectivity index (χ3n) is 3.37. The van der Waals surface area contributed by atoms with Crippen LogP contribution in [-0.4, -0.2) is 9.67 Å². The Hall–Kier alpha value is -1.45. The number of rotatable bonds is 0. The second-order valence-corrected chi connectivity index (χ2v) is 6.14. The topological polar surface area (TPSA) is 40.1 Å². The summed E-state index contributed by atoms with van der Waals surface area (Å²) in [5.74, 6) is -0.342. The van der Waals surface area contributed by atoms with Crippen LogP contribution in [-0.2, 0) is 4.79 Å². The largest absolute Gasteiger partial charge is 0.797 e. The summed E-state index contributed by atoms with van der Waals surface area (Å²) in [5.41, 5.74) is 3.05. The van der Waals surface area contributed by atoms with Crippen molar-refractivity contribution in [3.05, 3.63) is 57.3 Å². The Morgan fingerprint density at radius 3 is 2.78 bits per heavy atom. The van der Waals surface area contributed by atoms with Gasteiger partial charge in [-0.05, 0) is 35.2 Å². The molecule has 3 heteroatoms. The zero-order valence-corrected chi connectivity index (χ0v) is 11.1. The first kappa shape index (κ1) is 11.6. The van der Waals surface area contributed by atoms with Crippen LogP contribution < -0.4 is 5.22 Å². The highest BCUT2D eigenvalue weighted by atomic mass is 32.2. The maximum Gasteiger partial charge on any atom is 0.182 e. The smallest absolute Gasteiger partial charge is 0.182 e. The fourth-order valence-corrected chi connectivity index (χ4v) is 3.75. The van der Waals surface area contributed by atoms with Gasteiger partial charge in [-0.1, -0.05) is 41.5 Å². The van der Waals surface area contributed by atoms with Crippen LogP contribution >= 0.6 is 10.8 Å². The van der Waals surface area contributed by atoms with Gasteiger partial charge in [0.05, 0.1) is 5.92 Å². The van der Waals surface area contributed by atoms with E-state index in [1.54, 1.807) is 0 Å². The van der Waals surface area contributed by atoms with Gasteiger partial charge in [0, 0.05) is 0 Å². The Bertz CT molecular complexity index is 738. The summed E-state index contributed by atoms with van der Waals surface area (Å²) in [5, 5.41) is 0.746. The molecule has 2 unspecified atom stereocenters. The fraction of sp³-hybridized carbons (Fsp3) is 0.200. The molecule has 0 spiro atoms. The second-order valence-electron chi connectivity index (χ2n) is 4.76. The summed E-state index contributed by atoms with van der Waals surface area (Å²) in [6.07, 6.45) is 5.87. The fourth-order valence-electron chi connectivity index (χ4n) is 2.43. The van der Waals surface area contributed by atoms with Crippen LogP contribution in [0.5, 0.6) is 0 Å². The molecule has 18 heavy (non-hydrogen) atoms. The number of carbonyl (C=O) groups excluding carboxylic acids is 1. The van der Waals surface area contributed by atoms with Crippen molar-refractivity contribution >= 4 is 21.5 Å². The normalized spacial score (nSPS) is 25.6. The van der Waals surface area contributed by atoms with Crippen molar-refractivity contribution in [3.8, 4) is 0 Å². The Balaban J connectivity index is 2.45. The predicted molar refractivity (Wildman–Crippen MR) is 72.8 cm³/mol. The van der Waals surface area contributed by atoms with Gasteiger partial charge in [0.25, 0.3) is 0 Å². The van der Waals surface area contributed by atoms with Gasteiger partial charge in [-0.3, -0.25) is 4.79 Å². The molecule has 2 atom stereocenters. The van der Waals surface area contributed by atoms with Crippen LogP contribution in [0.2, 0.25) is 0 Å². The summed E-state index contributed by atoms with van der Waals surface area (Å²) in [6, 6.07) is 5.82. The van der Waals surface area contributed by atoms with E-state index in [2.05, 4.69) is 0 Å². The maximum absolute atomic E-state index is 12.2. The van der Waals surface area contributed by atoms with Crippen LogP contribution in [0.25, 0.3) is 5.57 Å². The molecule has 1 heterocycles. The first-order valence-corrected chi connectivity index (χ1v) is 7.03. The summed E-state index contributed by atoms with van der Waals surface area (Å²) in [4.78, 5) is 12.2. The van der Waals surface area contributed by atoms with Crippen molar-refractivity contribution < 1.29 is 9.35 Å². The van der Waals surface area contributed by atoms with Gasteiger partial charge in [0.2, 0.25) is 0 Å². The van der Waals surface area contributed by atoms with E-state index in [9.17, 15) is 9.35 Å². The van der Waals surface area contributed by atoms with Crippen molar-refractivity contribution in [2.75, 3.05) is 0 Å². The minimum absolute atomic E-state index is 0.202. The number of aryl methyl sites for hydroxylation is 1. The van der Waals surface area contributed by atoms with E-state index in [1.165, 1.54) is 0 Å². The van der Waals surface area contributed by atoms with Crippen molar-refractivity contribution in [2.45, 2.75) is 13.8 Å². The molecule has 2 nitrogen and oxygen atoms in total. The molecule has 0 saturated carbocycles. The molecule has 0 aromatic heterocycles. The lowest BCUT2D eigenvalue weighted by molar-refractivity contribution is -0.112. The average molecular weight is 257 g/mol. The van der Waals surface area contributed by atoms with Crippen LogP contribution in [0.15, 0.2) is 42.0 Å². The molecule has 1 aromatic rings. The minimum atomic E-state index is -1.54. The van der Waals surface area contributed by atoms with Crippen molar-refractivity contribution in [3.63, 3.8) is 0 Å². The van der Waals surface area contributed by atoms with Crippen LogP contribution in [0.4, 0.5) is 0 Å². The van der Waals surface area contributed by atoms with Gasteiger partial charge >= 0.3 is 0 Å². The SMILES string of the molecule is CC1=CC2C(=O)S([O-])=c3cc(C)ccc3=C2C=C1. The Morgan fingerprint density at radius 2 is 2.00 bits per heavy atom.